The summed E-state index contributed by atoms with van der Waals surface area (Å²) in [7, 11) is 1.40. The van der Waals surface area contributed by atoms with Gasteiger partial charge in [0.25, 0.3) is 0 Å². The van der Waals surface area contributed by atoms with Gasteiger partial charge in [-0.25, -0.2) is 0 Å². The van der Waals surface area contributed by atoms with Gasteiger partial charge in [0, 0.05) is 6.04 Å². The molecule has 106 valence electrons. The summed E-state index contributed by atoms with van der Waals surface area (Å²) in [5, 5.41) is 8.63. The van der Waals surface area contributed by atoms with Gasteiger partial charge in [-0.3, -0.25) is 9.69 Å². The number of aliphatic carboxylic acids is 1. The first-order chi connectivity index (χ1) is 8.23. The molecule has 18 heavy (non-hydrogen) atoms. The van der Waals surface area contributed by atoms with Crippen molar-refractivity contribution in [2.24, 2.45) is 5.92 Å². The first-order valence-corrected chi connectivity index (χ1v) is 6.24. The molecule has 1 fully saturated rings. The predicted octanol–water partition coefficient (Wildman–Crippen LogP) is 2.90. The summed E-state index contributed by atoms with van der Waals surface area (Å²) in [6.45, 7) is 1.94. The summed E-state index contributed by atoms with van der Waals surface area (Å²) in [4.78, 5) is 11.8. The minimum absolute atomic E-state index is 0.176. The molecule has 0 bridgehead atoms. The summed E-state index contributed by atoms with van der Waals surface area (Å²) in [6.07, 6.45) is -1.80. The number of nitrogens with zero attached hydrogens (tertiary/aromatic N) is 1. The van der Waals surface area contributed by atoms with Crippen LogP contribution in [0.1, 0.15) is 39.0 Å². The van der Waals surface area contributed by atoms with Crippen LogP contribution in [0.4, 0.5) is 13.2 Å². The monoisotopic (exact) mass is 267 g/mol. The fourth-order valence-corrected chi connectivity index (χ4v) is 2.79. The molecule has 1 saturated carbocycles. The molecule has 3 nitrogen and oxygen atoms in total. The summed E-state index contributed by atoms with van der Waals surface area (Å²) in [6, 6.07) is -2.06. The first-order valence-electron chi connectivity index (χ1n) is 6.24. The van der Waals surface area contributed by atoms with E-state index in [1.54, 1.807) is 0 Å². The van der Waals surface area contributed by atoms with E-state index in [2.05, 4.69) is 0 Å². The van der Waals surface area contributed by atoms with Crippen LogP contribution in [-0.2, 0) is 4.79 Å². The molecule has 6 heteroatoms. The van der Waals surface area contributed by atoms with Gasteiger partial charge in [0.05, 0.1) is 6.42 Å². The molecule has 0 heterocycles. The second kappa shape index (κ2) is 5.91. The number of hydrogen-bond donors (Lipinski definition) is 1. The fraction of sp³-hybridized carbons (Fsp3) is 0.917. The van der Waals surface area contributed by atoms with Crippen molar-refractivity contribution in [3.63, 3.8) is 0 Å². The zero-order chi connectivity index (χ0) is 13.9. The number of hydrogen-bond acceptors (Lipinski definition) is 2. The van der Waals surface area contributed by atoms with E-state index in [9.17, 15) is 18.0 Å². The highest BCUT2D eigenvalue weighted by molar-refractivity contribution is 5.67. The SMILES string of the molecule is CC1CCCCC1N(C)C(CC(=O)O)C(F)(F)F. The lowest BCUT2D eigenvalue weighted by Crippen LogP contribution is -2.52. The number of carbonyl (C=O) groups is 1. The second-order valence-corrected chi connectivity index (χ2v) is 5.15. The van der Waals surface area contributed by atoms with Crippen LogP contribution in [0.25, 0.3) is 0 Å². The Labute approximate surface area is 105 Å². The lowest BCUT2D eigenvalue weighted by Gasteiger charge is -2.40. The molecule has 0 aromatic carbocycles. The normalized spacial score (nSPS) is 27.2. The molecule has 1 N–H and O–H groups in total. The molecule has 0 saturated heterocycles. The number of halogens is 3. The van der Waals surface area contributed by atoms with E-state index in [0.717, 1.165) is 19.3 Å². The lowest BCUT2D eigenvalue weighted by atomic mass is 9.84. The third-order valence-corrected chi connectivity index (χ3v) is 3.83. The van der Waals surface area contributed by atoms with Crippen LogP contribution in [0.3, 0.4) is 0 Å². The maximum Gasteiger partial charge on any atom is 0.404 e. The van der Waals surface area contributed by atoms with Crippen molar-refractivity contribution in [1.82, 2.24) is 4.90 Å². The Balaban J connectivity index is 2.80. The van der Waals surface area contributed by atoms with Gasteiger partial charge in [-0.15, -0.1) is 0 Å². The van der Waals surface area contributed by atoms with Crippen LogP contribution in [0.2, 0.25) is 0 Å². The smallest absolute Gasteiger partial charge is 0.404 e. The summed E-state index contributed by atoms with van der Waals surface area (Å²) >= 11 is 0. The van der Waals surface area contributed by atoms with Crippen LogP contribution >= 0.6 is 0 Å². The third kappa shape index (κ3) is 3.86. The zero-order valence-corrected chi connectivity index (χ0v) is 10.7. The number of rotatable bonds is 4. The molecule has 0 aromatic heterocycles. The van der Waals surface area contributed by atoms with Crippen molar-refractivity contribution in [2.45, 2.75) is 57.3 Å². The molecular formula is C12H20F3NO2. The fourth-order valence-electron chi connectivity index (χ4n) is 2.79. The van der Waals surface area contributed by atoms with Gasteiger partial charge in [-0.2, -0.15) is 13.2 Å². The third-order valence-electron chi connectivity index (χ3n) is 3.83. The van der Waals surface area contributed by atoms with Gasteiger partial charge < -0.3 is 5.11 Å². The molecule has 0 amide bonds. The van der Waals surface area contributed by atoms with E-state index < -0.39 is 24.6 Å². The Morgan fingerprint density at radius 2 is 1.94 bits per heavy atom. The summed E-state index contributed by atoms with van der Waals surface area (Å²) in [5.41, 5.74) is 0. The van der Waals surface area contributed by atoms with E-state index >= 15 is 0 Å². The molecule has 0 aliphatic heterocycles. The Morgan fingerprint density at radius 1 is 1.39 bits per heavy atom. The standard InChI is InChI=1S/C12H20F3NO2/c1-8-5-3-4-6-9(8)16(2)10(7-11(17)18)12(13,14)15/h8-10H,3-7H2,1-2H3,(H,17,18). The zero-order valence-electron chi connectivity index (χ0n) is 10.7. The van der Waals surface area contributed by atoms with Gasteiger partial charge in [-0.05, 0) is 25.8 Å². The van der Waals surface area contributed by atoms with Crippen molar-refractivity contribution in [3.8, 4) is 0 Å². The largest absolute Gasteiger partial charge is 0.481 e. The molecular weight excluding hydrogens is 247 g/mol. The molecule has 1 aliphatic rings. The highest BCUT2D eigenvalue weighted by atomic mass is 19.4. The van der Waals surface area contributed by atoms with Gasteiger partial charge in [0.2, 0.25) is 0 Å². The van der Waals surface area contributed by atoms with E-state index in [4.69, 9.17) is 5.11 Å². The van der Waals surface area contributed by atoms with Gasteiger partial charge in [0.15, 0.2) is 0 Å². The lowest BCUT2D eigenvalue weighted by molar-refractivity contribution is -0.195. The Hall–Kier alpha value is -0.780. The minimum atomic E-state index is -4.50. The van der Waals surface area contributed by atoms with E-state index in [-0.39, 0.29) is 12.0 Å². The summed E-state index contributed by atoms with van der Waals surface area (Å²) in [5.74, 6) is -1.23. The average Bonchev–Trinajstić information content (AvgIpc) is 2.24. The van der Waals surface area contributed by atoms with Gasteiger partial charge >= 0.3 is 12.1 Å². The molecule has 0 spiro atoms. The van der Waals surface area contributed by atoms with Crippen LogP contribution in [0, 0.1) is 5.92 Å². The van der Waals surface area contributed by atoms with Crippen molar-refractivity contribution >= 4 is 5.97 Å². The molecule has 1 aliphatic carbocycles. The topological polar surface area (TPSA) is 40.5 Å². The van der Waals surface area contributed by atoms with Crippen molar-refractivity contribution in [3.05, 3.63) is 0 Å². The molecule has 0 radical (unpaired) electrons. The number of carboxylic acids is 1. The van der Waals surface area contributed by atoms with Crippen molar-refractivity contribution in [1.29, 1.82) is 0 Å². The highest BCUT2D eigenvalue weighted by Gasteiger charge is 2.46. The highest BCUT2D eigenvalue weighted by Crippen LogP contribution is 2.34. The van der Waals surface area contributed by atoms with Crippen LogP contribution in [0.15, 0.2) is 0 Å². The van der Waals surface area contributed by atoms with E-state index in [0.29, 0.717) is 6.42 Å². The maximum atomic E-state index is 12.9. The van der Waals surface area contributed by atoms with Gasteiger partial charge in [-0.1, -0.05) is 19.8 Å². The van der Waals surface area contributed by atoms with Crippen molar-refractivity contribution < 1.29 is 23.1 Å². The molecule has 3 atom stereocenters. The van der Waals surface area contributed by atoms with E-state index in [1.807, 2.05) is 6.92 Å². The van der Waals surface area contributed by atoms with Crippen LogP contribution in [0.5, 0.6) is 0 Å². The van der Waals surface area contributed by atoms with Gasteiger partial charge in [0.1, 0.15) is 6.04 Å². The maximum absolute atomic E-state index is 12.9. The quantitative estimate of drug-likeness (QED) is 0.851. The molecule has 1 rings (SSSR count). The first kappa shape index (κ1) is 15.3. The minimum Gasteiger partial charge on any atom is -0.481 e. The number of carboxylic acid groups (broad SMARTS) is 1. The van der Waals surface area contributed by atoms with Crippen molar-refractivity contribution in [2.75, 3.05) is 7.05 Å². The second-order valence-electron chi connectivity index (χ2n) is 5.15. The average molecular weight is 267 g/mol. The Kier molecular flexibility index (Phi) is 5.01. The molecule has 3 unspecified atom stereocenters. The number of alkyl halides is 3. The van der Waals surface area contributed by atoms with Crippen LogP contribution in [-0.4, -0.2) is 41.3 Å². The predicted molar refractivity (Wildman–Crippen MR) is 61.3 cm³/mol. The van der Waals surface area contributed by atoms with Crippen LogP contribution < -0.4 is 0 Å². The Morgan fingerprint density at radius 3 is 2.39 bits per heavy atom. The van der Waals surface area contributed by atoms with E-state index in [1.165, 1.54) is 11.9 Å². The Bertz CT molecular complexity index is 294. The molecule has 0 aromatic rings. The summed E-state index contributed by atoms with van der Waals surface area (Å²) < 4.78 is 38.7.